The van der Waals surface area contributed by atoms with Gasteiger partial charge in [0.05, 0.1) is 0 Å². The molecular formula is C100H68N2. The van der Waals surface area contributed by atoms with E-state index in [1.54, 1.807) is 0 Å². The summed E-state index contributed by atoms with van der Waals surface area (Å²) in [6, 6.07) is 140. The average molecular weight is 1300 g/mol. The van der Waals surface area contributed by atoms with Gasteiger partial charge in [-0.3, -0.25) is 0 Å². The van der Waals surface area contributed by atoms with Crippen molar-refractivity contribution in [2.75, 3.05) is 9.80 Å². The van der Waals surface area contributed by atoms with Gasteiger partial charge in [0.15, 0.2) is 0 Å². The first-order valence-electron chi connectivity index (χ1n) is 35.1. The summed E-state index contributed by atoms with van der Waals surface area (Å²) in [7, 11) is 0. The molecule has 0 aromatic heterocycles. The Morgan fingerprint density at radius 2 is 0.392 bits per heavy atom. The van der Waals surface area contributed by atoms with Gasteiger partial charge < -0.3 is 9.80 Å². The predicted octanol–water partition coefficient (Wildman–Crippen LogP) is 28.4. The average Bonchev–Trinajstić information content (AvgIpc) is 0.719. The number of rotatable bonds is 12. The molecule has 0 fully saturated rings. The van der Waals surface area contributed by atoms with Crippen molar-refractivity contribution in [3.63, 3.8) is 0 Å². The van der Waals surface area contributed by atoms with Crippen LogP contribution in [-0.2, 0) is 0 Å². The number of hydrogen-bond acceptors (Lipinski definition) is 2. The molecule has 0 amide bonds. The second-order valence-electron chi connectivity index (χ2n) is 26.3. The molecule has 0 unspecified atom stereocenters. The van der Waals surface area contributed by atoms with Gasteiger partial charge in [0.25, 0.3) is 0 Å². The summed E-state index contributed by atoms with van der Waals surface area (Å²) in [5, 5.41) is 23.2. The highest BCUT2D eigenvalue weighted by Gasteiger charge is 2.20. The van der Waals surface area contributed by atoms with E-state index in [9.17, 15) is 0 Å². The van der Waals surface area contributed by atoms with Crippen LogP contribution in [0.15, 0.2) is 388 Å². The number of hydrogen-bond donors (Lipinski definition) is 0. The predicted molar refractivity (Wildman–Crippen MR) is 441 cm³/mol. The van der Waals surface area contributed by atoms with Crippen LogP contribution in [0.4, 0.5) is 34.1 Å². The van der Waals surface area contributed by atoms with Gasteiger partial charge in [-0.05, 0) is 239 Å². The van der Waals surface area contributed by atoms with Crippen LogP contribution in [0.5, 0.6) is 0 Å². The van der Waals surface area contributed by atoms with Crippen LogP contribution in [0, 0.1) is 0 Å². The van der Waals surface area contributed by atoms with E-state index in [1.165, 1.54) is 119 Å². The van der Waals surface area contributed by atoms with Crippen molar-refractivity contribution in [2.45, 2.75) is 0 Å². The summed E-state index contributed by atoms with van der Waals surface area (Å²) >= 11 is 0. The van der Waals surface area contributed by atoms with E-state index in [2.05, 4.69) is 422 Å². The molecule has 0 aliphatic heterocycles. The van der Waals surface area contributed by atoms with Crippen LogP contribution in [-0.4, -0.2) is 0 Å². The molecule has 478 valence electrons. The molecule has 0 aliphatic carbocycles. The molecule has 102 heavy (non-hydrogen) atoms. The molecule has 0 spiro atoms. The Kier molecular flexibility index (Phi) is 16.0. The summed E-state index contributed by atoms with van der Waals surface area (Å²) < 4.78 is 0. The third-order valence-electron chi connectivity index (χ3n) is 20.2. The van der Waals surface area contributed by atoms with Gasteiger partial charge in [-0.1, -0.05) is 315 Å². The first-order valence-corrected chi connectivity index (χ1v) is 35.1. The fourth-order valence-electron chi connectivity index (χ4n) is 15.4. The largest absolute Gasteiger partial charge is 0.311 e. The van der Waals surface area contributed by atoms with Crippen molar-refractivity contribution in [1.82, 2.24) is 0 Å². The van der Waals surface area contributed by atoms with Gasteiger partial charge >= 0.3 is 0 Å². The fourth-order valence-corrected chi connectivity index (χ4v) is 15.4. The lowest BCUT2D eigenvalue weighted by molar-refractivity contribution is 1.28. The second-order valence-corrected chi connectivity index (χ2v) is 26.3. The highest BCUT2D eigenvalue weighted by atomic mass is 15.1. The van der Waals surface area contributed by atoms with Gasteiger partial charge in [-0.2, -0.15) is 0 Å². The standard InChI is InChI=1S/C54H32.C46H36N2/c1-3-15-37-33(13-1)29-49(43-21-7-5-17-39(37)43)35-25-27-45-41-19-9-12-24-48(41)54-52-32-36(26-28-46(52)42-20-10-11-23-47(42)53(54)51(45)31-35)50-30-34-14-2-4-16-38(34)40-18-6-8-22-44(40)50;1-5-13-41(14-6-1)47(42-15-7-2-8-16-42)45-33-29-39(30-34-45)27-25-37-21-23-38(24-22-37)26-28-40-31-35-46(36-32-40)48(43-17-9-3-10-18-43)44-19-11-4-12-20-44/h1-32H;1-36H/b;27-25+,28-26+. The number of nitrogens with zero attached hydrogens (tertiary/aromatic N) is 2. The lowest BCUT2D eigenvalue weighted by Gasteiger charge is -2.25. The van der Waals surface area contributed by atoms with Crippen molar-refractivity contribution in [3.05, 3.63) is 411 Å². The Hall–Kier alpha value is -13.4. The Labute approximate surface area is 594 Å². The first-order chi connectivity index (χ1) is 50.6. The van der Waals surface area contributed by atoms with E-state index in [0.717, 1.165) is 56.4 Å². The lowest BCUT2D eigenvalue weighted by atomic mass is 9.84. The first kappa shape index (κ1) is 61.0. The molecule has 0 N–H and O–H groups in total. The third-order valence-corrected chi connectivity index (χ3v) is 20.2. The topological polar surface area (TPSA) is 6.48 Å². The minimum Gasteiger partial charge on any atom is -0.311 e. The van der Waals surface area contributed by atoms with Gasteiger partial charge in [0, 0.05) is 34.1 Å². The Morgan fingerprint density at radius 3 is 0.716 bits per heavy atom. The fraction of sp³-hybridized carbons (Fsp3) is 0. The summed E-state index contributed by atoms with van der Waals surface area (Å²) in [5.41, 5.74) is 16.4. The molecule has 0 aliphatic rings. The molecule has 0 heterocycles. The molecule has 0 saturated carbocycles. The van der Waals surface area contributed by atoms with E-state index in [1.807, 2.05) is 0 Å². The lowest BCUT2D eigenvalue weighted by Crippen LogP contribution is -2.09. The number of benzene rings is 19. The number of fused-ring (bicyclic) bond motifs is 17. The number of anilines is 6. The zero-order valence-corrected chi connectivity index (χ0v) is 56.2. The van der Waals surface area contributed by atoms with Gasteiger partial charge in [0.2, 0.25) is 0 Å². The second kappa shape index (κ2) is 26.8. The SMILES string of the molecule is C(=C\c1ccc(N(c2ccccc2)c2ccccc2)cc1)/c1ccc(/C=C/c2ccc(N(c3ccccc3)c3ccccc3)cc2)cc1.c1ccc2c(c1)cc(-c1ccc3c4ccccc4c4c5cc(-c6cc7ccccc7c7ccccc67)ccc5c5ccccc5c4c3c1)c1ccccc12. The molecule has 0 saturated heterocycles. The molecule has 19 aromatic carbocycles. The third kappa shape index (κ3) is 11.5. The maximum absolute atomic E-state index is 2.47. The van der Waals surface area contributed by atoms with E-state index < -0.39 is 0 Å². The maximum Gasteiger partial charge on any atom is 0.0462 e. The summed E-state index contributed by atoms with van der Waals surface area (Å²) in [6.07, 6.45) is 8.66. The molecule has 19 aromatic rings. The molecule has 0 atom stereocenters. The summed E-state index contributed by atoms with van der Waals surface area (Å²) in [6.45, 7) is 0. The van der Waals surface area contributed by atoms with Crippen LogP contribution >= 0.6 is 0 Å². The maximum atomic E-state index is 2.47. The minimum atomic E-state index is 1.13. The van der Waals surface area contributed by atoms with Crippen molar-refractivity contribution in [3.8, 4) is 22.3 Å². The zero-order valence-electron chi connectivity index (χ0n) is 56.2. The van der Waals surface area contributed by atoms with Crippen LogP contribution in [0.1, 0.15) is 22.3 Å². The summed E-state index contributed by atoms with van der Waals surface area (Å²) in [5.74, 6) is 0. The van der Waals surface area contributed by atoms with Crippen LogP contribution in [0.3, 0.4) is 0 Å². The quantitative estimate of drug-likeness (QED) is 0.0889. The van der Waals surface area contributed by atoms with Crippen molar-refractivity contribution in [1.29, 1.82) is 0 Å². The van der Waals surface area contributed by atoms with Gasteiger partial charge in [-0.25, -0.2) is 0 Å². The smallest absolute Gasteiger partial charge is 0.0462 e. The Balaban J connectivity index is 0.000000147. The molecule has 19 rings (SSSR count). The highest BCUT2D eigenvalue weighted by Crippen LogP contribution is 2.48. The van der Waals surface area contributed by atoms with E-state index in [-0.39, 0.29) is 0 Å². The normalized spacial score (nSPS) is 11.6. The van der Waals surface area contributed by atoms with Crippen molar-refractivity contribution in [2.24, 2.45) is 0 Å². The molecule has 2 heteroatoms. The van der Waals surface area contributed by atoms with Crippen LogP contribution in [0.25, 0.3) is 144 Å². The monoisotopic (exact) mass is 1300 g/mol. The van der Waals surface area contributed by atoms with Gasteiger partial charge in [0.1, 0.15) is 0 Å². The van der Waals surface area contributed by atoms with E-state index in [0.29, 0.717) is 0 Å². The highest BCUT2D eigenvalue weighted by molar-refractivity contribution is 6.40. The number of para-hydroxylation sites is 4. The zero-order chi connectivity index (χ0) is 67.7. The summed E-state index contributed by atoms with van der Waals surface area (Å²) in [4.78, 5) is 4.55. The molecular weight excluding hydrogens is 1230 g/mol. The van der Waals surface area contributed by atoms with Crippen LogP contribution in [0.2, 0.25) is 0 Å². The Morgan fingerprint density at radius 1 is 0.157 bits per heavy atom. The Bertz CT molecular complexity index is 5910. The van der Waals surface area contributed by atoms with E-state index >= 15 is 0 Å². The van der Waals surface area contributed by atoms with Gasteiger partial charge in [-0.15, -0.1) is 0 Å². The molecule has 0 bridgehead atoms. The molecule has 0 radical (unpaired) electrons. The van der Waals surface area contributed by atoms with Crippen molar-refractivity contribution >= 4 is 155 Å². The van der Waals surface area contributed by atoms with Crippen LogP contribution < -0.4 is 9.80 Å². The van der Waals surface area contributed by atoms with Crippen molar-refractivity contribution < 1.29 is 0 Å². The molecule has 2 nitrogen and oxygen atoms in total. The minimum absolute atomic E-state index is 1.13. The van der Waals surface area contributed by atoms with E-state index in [4.69, 9.17) is 0 Å².